The van der Waals surface area contributed by atoms with Gasteiger partial charge in [-0.3, -0.25) is 9.52 Å². The molecule has 0 aliphatic rings. The maximum absolute atomic E-state index is 13.0. The Morgan fingerprint density at radius 2 is 1.86 bits per heavy atom. The van der Waals surface area contributed by atoms with Crippen molar-refractivity contribution in [1.29, 1.82) is 0 Å². The zero-order valence-corrected chi connectivity index (χ0v) is 19.2. The summed E-state index contributed by atoms with van der Waals surface area (Å²) in [6, 6.07) is 11.7. The minimum atomic E-state index is -3.97. The van der Waals surface area contributed by atoms with Crippen LogP contribution in [-0.2, 0) is 10.0 Å². The molecule has 6 nitrogen and oxygen atoms in total. The van der Waals surface area contributed by atoms with E-state index in [1.807, 2.05) is 31.4 Å². The molecule has 3 aromatic rings. The van der Waals surface area contributed by atoms with E-state index in [4.69, 9.17) is 4.74 Å². The summed E-state index contributed by atoms with van der Waals surface area (Å²) in [5.41, 5.74) is 2.54. The van der Waals surface area contributed by atoms with Gasteiger partial charge in [0.05, 0.1) is 17.7 Å². The maximum atomic E-state index is 13.0. The van der Waals surface area contributed by atoms with Crippen molar-refractivity contribution >= 4 is 54.6 Å². The highest BCUT2D eigenvalue weighted by molar-refractivity contribution is 9.10. The van der Waals surface area contributed by atoms with Crippen LogP contribution in [0.5, 0.6) is 5.75 Å². The fourth-order valence-corrected chi connectivity index (χ4v) is 5.24. The van der Waals surface area contributed by atoms with Crippen molar-refractivity contribution in [3.8, 4) is 5.75 Å². The minimum absolute atomic E-state index is 0.0749. The van der Waals surface area contributed by atoms with E-state index in [9.17, 15) is 13.2 Å². The number of ether oxygens (including phenoxy) is 1. The van der Waals surface area contributed by atoms with Crippen LogP contribution >= 0.6 is 27.3 Å². The number of carbonyl (C=O) groups is 1. The first-order chi connectivity index (χ1) is 13.7. The number of nitrogens with one attached hydrogen (secondary N) is 2. The van der Waals surface area contributed by atoms with Crippen molar-refractivity contribution in [3.05, 3.63) is 68.3 Å². The number of halogens is 1. The first-order valence-electron chi connectivity index (χ1n) is 8.53. The number of thiophene rings is 1. The zero-order valence-electron chi connectivity index (χ0n) is 15.9. The Balaban J connectivity index is 1.95. The van der Waals surface area contributed by atoms with Gasteiger partial charge >= 0.3 is 0 Å². The van der Waals surface area contributed by atoms with Crippen LogP contribution < -0.4 is 14.8 Å². The number of anilines is 2. The SMILES string of the molecule is COc1ccc(NC(=O)c2sccc2C)cc1S(=O)(=O)Nc1cc(C)ccc1Br. The molecule has 1 aromatic heterocycles. The number of benzene rings is 2. The van der Waals surface area contributed by atoms with Crippen LogP contribution in [0.25, 0.3) is 0 Å². The molecule has 0 saturated carbocycles. The molecule has 0 radical (unpaired) electrons. The average Bonchev–Trinajstić information content (AvgIpc) is 3.10. The number of rotatable bonds is 6. The van der Waals surface area contributed by atoms with Crippen molar-refractivity contribution in [3.63, 3.8) is 0 Å². The molecule has 1 amide bonds. The molecule has 2 aromatic carbocycles. The molecule has 2 N–H and O–H groups in total. The third-order valence-electron chi connectivity index (χ3n) is 4.15. The monoisotopic (exact) mass is 494 g/mol. The van der Waals surface area contributed by atoms with Crippen LogP contribution in [0.4, 0.5) is 11.4 Å². The van der Waals surface area contributed by atoms with Crippen LogP contribution in [0.15, 0.2) is 57.2 Å². The van der Waals surface area contributed by atoms with Gasteiger partial charge in [-0.25, -0.2) is 8.42 Å². The number of sulfonamides is 1. The van der Waals surface area contributed by atoms with Crippen LogP contribution in [-0.4, -0.2) is 21.4 Å². The summed E-state index contributed by atoms with van der Waals surface area (Å²) < 4.78 is 34.5. The van der Waals surface area contributed by atoms with Gasteiger partial charge in [0.1, 0.15) is 10.6 Å². The average molecular weight is 495 g/mol. The predicted octanol–water partition coefficient (Wildman–Crippen LogP) is 5.19. The Kier molecular flexibility index (Phi) is 6.30. The van der Waals surface area contributed by atoms with E-state index in [-0.39, 0.29) is 16.6 Å². The molecule has 0 spiro atoms. The fraction of sp³-hybridized carbons (Fsp3) is 0.150. The van der Waals surface area contributed by atoms with Crippen LogP contribution in [0.1, 0.15) is 20.8 Å². The Bertz CT molecular complexity index is 1170. The smallest absolute Gasteiger partial charge is 0.265 e. The van der Waals surface area contributed by atoms with Gasteiger partial charge < -0.3 is 10.1 Å². The van der Waals surface area contributed by atoms with Crippen LogP contribution in [0, 0.1) is 13.8 Å². The van der Waals surface area contributed by atoms with Gasteiger partial charge in [-0.1, -0.05) is 6.07 Å². The molecule has 29 heavy (non-hydrogen) atoms. The normalized spacial score (nSPS) is 11.2. The summed E-state index contributed by atoms with van der Waals surface area (Å²) in [6.45, 7) is 3.71. The van der Waals surface area contributed by atoms with E-state index < -0.39 is 10.0 Å². The first kappa shape index (κ1) is 21.4. The van der Waals surface area contributed by atoms with Crippen molar-refractivity contribution in [2.75, 3.05) is 17.1 Å². The Morgan fingerprint density at radius 3 is 2.52 bits per heavy atom. The quantitative estimate of drug-likeness (QED) is 0.493. The molecule has 1 heterocycles. The predicted molar refractivity (Wildman–Crippen MR) is 120 cm³/mol. The molecular formula is C20H19BrN2O4S2. The largest absolute Gasteiger partial charge is 0.495 e. The topological polar surface area (TPSA) is 84.5 Å². The van der Waals surface area contributed by atoms with E-state index in [1.165, 1.54) is 30.6 Å². The van der Waals surface area contributed by atoms with Crippen LogP contribution in [0.3, 0.4) is 0 Å². The van der Waals surface area contributed by atoms with Gasteiger partial charge in [-0.2, -0.15) is 0 Å². The van der Waals surface area contributed by atoms with E-state index in [0.29, 0.717) is 20.7 Å². The van der Waals surface area contributed by atoms with E-state index in [0.717, 1.165) is 11.1 Å². The molecule has 3 rings (SSSR count). The third kappa shape index (κ3) is 4.80. The highest BCUT2D eigenvalue weighted by atomic mass is 79.9. The molecule has 0 unspecified atom stereocenters. The van der Waals surface area contributed by atoms with Gasteiger partial charge in [0, 0.05) is 10.2 Å². The van der Waals surface area contributed by atoms with Crippen molar-refractivity contribution < 1.29 is 17.9 Å². The molecule has 0 saturated heterocycles. The maximum Gasteiger partial charge on any atom is 0.265 e. The number of amides is 1. The second kappa shape index (κ2) is 8.56. The lowest BCUT2D eigenvalue weighted by molar-refractivity contribution is 0.103. The highest BCUT2D eigenvalue weighted by Crippen LogP contribution is 2.32. The second-order valence-electron chi connectivity index (χ2n) is 6.34. The lowest BCUT2D eigenvalue weighted by Crippen LogP contribution is -2.16. The third-order valence-corrected chi connectivity index (χ3v) is 7.24. The van der Waals surface area contributed by atoms with Gasteiger partial charge in [0.15, 0.2) is 0 Å². The second-order valence-corrected chi connectivity index (χ2v) is 9.76. The fourth-order valence-electron chi connectivity index (χ4n) is 2.67. The molecule has 0 atom stereocenters. The van der Waals surface area contributed by atoms with E-state index >= 15 is 0 Å². The number of carbonyl (C=O) groups excluding carboxylic acids is 1. The molecule has 0 bridgehead atoms. The molecule has 152 valence electrons. The standard InChI is InChI=1S/C20H19BrN2O4S2/c1-12-4-6-15(21)16(10-12)23-29(25,26)18-11-14(5-7-17(18)27-3)22-20(24)19-13(2)8-9-28-19/h4-11,23H,1-3H3,(H,22,24). The minimum Gasteiger partial charge on any atom is -0.495 e. The van der Waals surface area contributed by atoms with E-state index in [2.05, 4.69) is 26.0 Å². The zero-order chi connectivity index (χ0) is 21.2. The molecule has 0 aliphatic heterocycles. The Labute approximate surface area is 182 Å². The number of aryl methyl sites for hydroxylation is 2. The summed E-state index contributed by atoms with van der Waals surface area (Å²) in [5.74, 6) is -0.119. The number of hydrogen-bond acceptors (Lipinski definition) is 5. The summed E-state index contributed by atoms with van der Waals surface area (Å²) in [6.07, 6.45) is 0. The highest BCUT2D eigenvalue weighted by Gasteiger charge is 2.22. The first-order valence-corrected chi connectivity index (χ1v) is 11.7. The van der Waals surface area contributed by atoms with Gasteiger partial charge in [0.25, 0.3) is 15.9 Å². The lowest BCUT2D eigenvalue weighted by Gasteiger charge is -2.15. The summed E-state index contributed by atoms with van der Waals surface area (Å²) in [4.78, 5) is 13.0. The van der Waals surface area contributed by atoms with Gasteiger partial charge in [0.2, 0.25) is 0 Å². The van der Waals surface area contributed by atoms with Gasteiger partial charge in [-0.05, 0) is 82.7 Å². The molecule has 0 fully saturated rings. The summed E-state index contributed by atoms with van der Waals surface area (Å²) >= 11 is 4.68. The van der Waals surface area contributed by atoms with Crippen LogP contribution in [0.2, 0.25) is 0 Å². The van der Waals surface area contributed by atoms with Crippen molar-refractivity contribution in [1.82, 2.24) is 0 Å². The van der Waals surface area contributed by atoms with Gasteiger partial charge in [-0.15, -0.1) is 11.3 Å². The molecular weight excluding hydrogens is 476 g/mol. The van der Waals surface area contributed by atoms with E-state index in [1.54, 1.807) is 18.2 Å². The van der Waals surface area contributed by atoms with Crippen molar-refractivity contribution in [2.45, 2.75) is 18.7 Å². The summed E-state index contributed by atoms with van der Waals surface area (Å²) in [7, 11) is -2.58. The number of methoxy groups -OCH3 is 1. The lowest BCUT2D eigenvalue weighted by atomic mass is 10.2. The molecule has 9 heteroatoms. The Morgan fingerprint density at radius 1 is 1.10 bits per heavy atom. The van der Waals surface area contributed by atoms with Crippen molar-refractivity contribution in [2.24, 2.45) is 0 Å². The number of hydrogen-bond donors (Lipinski definition) is 2. The summed E-state index contributed by atoms with van der Waals surface area (Å²) in [5, 5.41) is 4.58. The molecule has 0 aliphatic carbocycles. The Hall–Kier alpha value is -2.36.